The van der Waals surface area contributed by atoms with E-state index in [1.807, 2.05) is 0 Å². The molecule has 4 rings (SSSR count). The van der Waals surface area contributed by atoms with E-state index in [0.717, 1.165) is 6.42 Å². The average molecular weight is 166 g/mol. The van der Waals surface area contributed by atoms with Gasteiger partial charge in [-0.25, -0.2) is 0 Å². The largest absolute Gasteiger partial charge is 0.469 e. The summed E-state index contributed by atoms with van der Waals surface area (Å²) in [6.07, 6.45) is 0.952. The number of carbonyl (C=O) groups excluding carboxylic acids is 2. The van der Waals surface area contributed by atoms with Gasteiger partial charge in [0.15, 0.2) is 0 Å². The molecule has 5 atom stereocenters. The van der Waals surface area contributed by atoms with Crippen LogP contribution in [-0.2, 0) is 14.3 Å². The van der Waals surface area contributed by atoms with Gasteiger partial charge in [0.1, 0.15) is 5.78 Å². The molecule has 3 unspecified atom stereocenters. The summed E-state index contributed by atoms with van der Waals surface area (Å²) in [5.74, 6) is 1.29. The molecule has 4 fully saturated rings. The first-order valence-electron chi connectivity index (χ1n) is 4.37. The molecule has 0 saturated heterocycles. The Morgan fingerprint density at radius 3 is 2.67 bits per heavy atom. The zero-order valence-corrected chi connectivity index (χ0v) is 6.82. The first-order chi connectivity index (χ1) is 5.75. The van der Waals surface area contributed by atoms with E-state index in [1.165, 1.54) is 7.11 Å². The van der Waals surface area contributed by atoms with Crippen molar-refractivity contribution in [2.24, 2.45) is 29.6 Å². The van der Waals surface area contributed by atoms with E-state index in [4.69, 9.17) is 0 Å². The van der Waals surface area contributed by atoms with Crippen LogP contribution in [0.15, 0.2) is 0 Å². The lowest BCUT2D eigenvalue weighted by molar-refractivity contribution is -0.147. The number of hydrogen-bond acceptors (Lipinski definition) is 3. The van der Waals surface area contributed by atoms with Crippen molar-refractivity contribution >= 4 is 11.8 Å². The van der Waals surface area contributed by atoms with Crippen molar-refractivity contribution < 1.29 is 14.3 Å². The van der Waals surface area contributed by atoms with Gasteiger partial charge in [0.2, 0.25) is 0 Å². The molecule has 0 aromatic heterocycles. The topological polar surface area (TPSA) is 43.4 Å². The van der Waals surface area contributed by atoms with Crippen LogP contribution in [0, 0.1) is 29.6 Å². The Hall–Kier alpha value is -0.860. The molecule has 0 radical (unpaired) electrons. The lowest BCUT2D eigenvalue weighted by Crippen LogP contribution is -2.21. The first-order valence-corrected chi connectivity index (χ1v) is 4.37. The van der Waals surface area contributed by atoms with E-state index >= 15 is 0 Å². The summed E-state index contributed by atoms with van der Waals surface area (Å²) in [5, 5.41) is 0. The van der Waals surface area contributed by atoms with Crippen LogP contribution in [0.4, 0.5) is 0 Å². The van der Waals surface area contributed by atoms with Crippen molar-refractivity contribution in [3.8, 4) is 0 Å². The number of hydrogen-bond donors (Lipinski definition) is 0. The average Bonchev–Trinajstić information content (AvgIpc) is 2.42. The molecule has 4 aliphatic rings. The lowest BCUT2D eigenvalue weighted by atomic mass is 9.98. The van der Waals surface area contributed by atoms with Crippen LogP contribution in [0.1, 0.15) is 6.42 Å². The number of carbonyl (C=O) groups is 2. The van der Waals surface area contributed by atoms with Crippen molar-refractivity contribution in [3.05, 3.63) is 0 Å². The Bertz CT molecular complexity index is 283. The molecule has 3 heteroatoms. The van der Waals surface area contributed by atoms with Crippen LogP contribution in [-0.4, -0.2) is 18.9 Å². The van der Waals surface area contributed by atoms with E-state index in [1.54, 1.807) is 0 Å². The highest BCUT2D eigenvalue weighted by atomic mass is 16.5. The number of ketones is 1. The fourth-order valence-electron chi connectivity index (χ4n) is 3.30. The van der Waals surface area contributed by atoms with Crippen LogP contribution in [0.5, 0.6) is 0 Å². The number of methoxy groups -OCH3 is 1. The Labute approximate surface area is 70.1 Å². The van der Waals surface area contributed by atoms with Crippen LogP contribution < -0.4 is 0 Å². The van der Waals surface area contributed by atoms with Crippen molar-refractivity contribution in [1.29, 1.82) is 0 Å². The van der Waals surface area contributed by atoms with Gasteiger partial charge in [0.25, 0.3) is 0 Å². The molecule has 4 aliphatic carbocycles. The second kappa shape index (κ2) is 1.73. The normalized spacial score (nSPS) is 52.8. The van der Waals surface area contributed by atoms with Crippen LogP contribution in [0.2, 0.25) is 0 Å². The monoisotopic (exact) mass is 166 g/mol. The van der Waals surface area contributed by atoms with E-state index < -0.39 is 0 Å². The smallest absolute Gasteiger partial charge is 0.309 e. The van der Waals surface area contributed by atoms with Crippen LogP contribution in [0.25, 0.3) is 0 Å². The standard InChI is InChI=1S/C9H10O3/c1-12-9(11)7-4-2-3-5(7)6(3)8(4)10/h3-7H,2H2,1H3/t3?,4-,5?,6?,7+/m1/s1. The Kier molecular flexibility index (Phi) is 0.955. The Morgan fingerprint density at radius 2 is 2.33 bits per heavy atom. The second-order valence-corrected chi connectivity index (χ2v) is 4.06. The highest BCUT2D eigenvalue weighted by Gasteiger charge is 2.75. The summed E-state index contributed by atoms with van der Waals surface area (Å²) in [6, 6.07) is 0. The molecule has 0 aromatic rings. The van der Waals surface area contributed by atoms with Gasteiger partial charge in [-0.3, -0.25) is 9.59 Å². The van der Waals surface area contributed by atoms with Gasteiger partial charge >= 0.3 is 5.97 Å². The summed E-state index contributed by atoms with van der Waals surface area (Å²) in [6.45, 7) is 0. The van der Waals surface area contributed by atoms with Gasteiger partial charge in [0.05, 0.1) is 13.0 Å². The third-order valence-corrected chi connectivity index (χ3v) is 3.77. The third kappa shape index (κ3) is 0.490. The molecule has 64 valence electrons. The van der Waals surface area contributed by atoms with E-state index in [0.29, 0.717) is 17.6 Å². The molecular formula is C9H10O3. The summed E-state index contributed by atoms with van der Waals surface area (Å²) < 4.78 is 4.69. The Morgan fingerprint density at radius 1 is 1.58 bits per heavy atom. The number of Topliss-reactive ketones (excluding diaryl/α,β-unsaturated/α-hetero) is 1. The molecule has 3 nitrogen and oxygen atoms in total. The quantitative estimate of drug-likeness (QED) is 0.524. The van der Waals surface area contributed by atoms with Crippen molar-refractivity contribution in [2.45, 2.75) is 6.42 Å². The van der Waals surface area contributed by atoms with Gasteiger partial charge in [-0.1, -0.05) is 0 Å². The van der Waals surface area contributed by atoms with E-state index in [9.17, 15) is 9.59 Å². The number of ether oxygens (including phenoxy) is 1. The molecule has 0 aromatic carbocycles. The predicted molar refractivity (Wildman–Crippen MR) is 39.1 cm³/mol. The predicted octanol–water partition coefficient (Wildman–Crippen LogP) is 0.240. The zero-order valence-electron chi connectivity index (χ0n) is 6.82. The van der Waals surface area contributed by atoms with E-state index in [2.05, 4.69) is 4.74 Å². The fraction of sp³-hybridized carbons (Fsp3) is 0.778. The molecule has 0 spiro atoms. The molecule has 12 heavy (non-hydrogen) atoms. The molecule has 4 saturated carbocycles. The highest BCUT2D eigenvalue weighted by molar-refractivity contribution is 5.98. The van der Waals surface area contributed by atoms with Crippen molar-refractivity contribution in [2.75, 3.05) is 7.11 Å². The zero-order chi connectivity index (χ0) is 8.46. The lowest BCUT2D eigenvalue weighted by Gasteiger charge is -2.09. The maximum Gasteiger partial charge on any atom is 0.309 e. The minimum Gasteiger partial charge on any atom is -0.469 e. The molecule has 4 bridgehead atoms. The SMILES string of the molecule is COC(=O)[C@@H]1C2C3C[C@H]1C(=O)C32. The van der Waals surface area contributed by atoms with Gasteiger partial charge < -0.3 is 4.74 Å². The third-order valence-electron chi connectivity index (χ3n) is 3.77. The molecule has 0 N–H and O–H groups in total. The molecule has 0 heterocycles. The van der Waals surface area contributed by atoms with Gasteiger partial charge in [0, 0.05) is 11.8 Å². The van der Waals surface area contributed by atoms with E-state index in [-0.39, 0.29) is 23.7 Å². The second-order valence-electron chi connectivity index (χ2n) is 4.06. The van der Waals surface area contributed by atoms with Crippen molar-refractivity contribution in [3.63, 3.8) is 0 Å². The van der Waals surface area contributed by atoms with Gasteiger partial charge in [-0.15, -0.1) is 0 Å². The highest BCUT2D eigenvalue weighted by Crippen LogP contribution is 2.71. The summed E-state index contributed by atoms with van der Waals surface area (Å²) >= 11 is 0. The first kappa shape index (κ1) is 6.63. The van der Waals surface area contributed by atoms with Crippen LogP contribution in [0.3, 0.4) is 0 Å². The maximum absolute atomic E-state index is 11.4. The minimum atomic E-state index is -0.166. The van der Waals surface area contributed by atoms with Crippen molar-refractivity contribution in [1.82, 2.24) is 0 Å². The van der Waals surface area contributed by atoms with Gasteiger partial charge in [-0.2, -0.15) is 0 Å². The summed E-state index contributed by atoms with van der Waals surface area (Å²) in [5.41, 5.74) is 0. The maximum atomic E-state index is 11.4. The number of rotatable bonds is 1. The van der Waals surface area contributed by atoms with Gasteiger partial charge in [-0.05, 0) is 18.3 Å². The summed E-state index contributed by atoms with van der Waals surface area (Å²) in [4.78, 5) is 22.7. The molecular weight excluding hydrogens is 156 g/mol. The molecule has 0 aliphatic heterocycles. The van der Waals surface area contributed by atoms with Crippen LogP contribution >= 0.6 is 0 Å². The summed E-state index contributed by atoms with van der Waals surface area (Å²) in [7, 11) is 1.40. The fourth-order valence-corrected chi connectivity index (χ4v) is 3.30. The molecule has 0 amide bonds. The number of esters is 1. The minimum absolute atomic E-state index is 0.0254. The Balaban J connectivity index is 1.93.